The van der Waals surface area contributed by atoms with E-state index in [2.05, 4.69) is 36.3 Å². The summed E-state index contributed by atoms with van der Waals surface area (Å²) in [6.07, 6.45) is 8.21. The van der Waals surface area contributed by atoms with Crippen molar-refractivity contribution in [1.82, 2.24) is 15.5 Å². The van der Waals surface area contributed by atoms with Crippen LogP contribution in [0.15, 0.2) is 0 Å². The van der Waals surface area contributed by atoms with Gasteiger partial charge < -0.3 is 10.6 Å². The summed E-state index contributed by atoms with van der Waals surface area (Å²) < 4.78 is 0. The van der Waals surface area contributed by atoms with Gasteiger partial charge in [-0.2, -0.15) is 0 Å². The van der Waals surface area contributed by atoms with E-state index < -0.39 is 0 Å². The van der Waals surface area contributed by atoms with E-state index in [1.54, 1.807) is 0 Å². The summed E-state index contributed by atoms with van der Waals surface area (Å²) in [6.45, 7) is 12.1. The molecular weight excluding hydrogens is 246 g/mol. The topological polar surface area (TPSA) is 27.3 Å². The molecule has 2 saturated heterocycles. The molecule has 3 unspecified atom stereocenters. The molecule has 2 fully saturated rings. The standard InChI is InChI=1S/C17H35N3/c1-14(2)17(20-10-6-7-11-20)13-19-15(3)12-16-8-4-5-9-18-16/h14-19H,4-13H2,1-3H3. The van der Waals surface area contributed by atoms with E-state index >= 15 is 0 Å². The molecule has 2 aliphatic rings. The van der Waals surface area contributed by atoms with Gasteiger partial charge in [0.1, 0.15) is 0 Å². The molecule has 3 nitrogen and oxygen atoms in total. The Morgan fingerprint density at radius 2 is 1.85 bits per heavy atom. The molecule has 2 N–H and O–H groups in total. The molecule has 20 heavy (non-hydrogen) atoms. The number of hydrogen-bond donors (Lipinski definition) is 2. The molecular formula is C17H35N3. The molecule has 0 spiro atoms. The monoisotopic (exact) mass is 281 g/mol. The first-order valence-electron chi connectivity index (χ1n) is 8.87. The summed E-state index contributed by atoms with van der Waals surface area (Å²) in [5, 5.41) is 7.47. The summed E-state index contributed by atoms with van der Waals surface area (Å²) in [6, 6.07) is 2.10. The Morgan fingerprint density at radius 1 is 1.10 bits per heavy atom. The Bertz CT molecular complexity index is 255. The highest BCUT2D eigenvalue weighted by molar-refractivity contribution is 4.83. The molecule has 2 heterocycles. The second-order valence-electron chi connectivity index (χ2n) is 7.25. The van der Waals surface area contributed by atoms with Gasteiger partial charge in [-0.25, -0.2) is 0 Å². The average molecular weight is 281 g/mol. The number of nitrogens with zero attached hydrogens (tertiary/aromatic N) is 1. The number of hydrogen-bond acceptors (Lipinski definition) is 3. The Balaban J connectivity index is 1.70. The van der Waals surface area contributed by atoms with Crippen LogP contribution in [0, 0.1) is 5.92 Å². The van der Waals surface area contributed by atoms with Crippen molar-refractivity contribution < 1.29 is 0 Å². The fourth-order valence-corrected chi connectivity index (χ4v) is 3.82. The maximum Gasteiger partial charge on any atom is 0.0243 e. The van der Waals surface area contributed by atoms with Crippen LogP contribution in [0.5, 0.6) is 0 Å². The van der Waals surface area contributed by atoms with E-state index in [0.29, 0.717) is 6.04 Å². The lowest BCUT2D eigenvalue weighted by Crippen LogP contribution is -2.47. The van der Waals surface area contributed by atoms with Gasteiger partial charge in [-0.3, -0.25) is 4.90 Å². The number of rotatable bonds is 7. The molecule has 0 aromatic carbocycles. The molecule has 0 amide bonds. The first-order chi connectivity index (χ1) is 9.66. The van der Waals surface area contributed by atoms with E-state index in [-0.39, 0.29) is 0 Å². The number of likely N-dealkylation sites (tertiary alicyclic amines) is 1. The Kier molecular flexibility index (Phi) is 6.79. The second kappa shape index (κ2) is 8.35. The van der Waals surface area contributed by atoms with Crippen molar-refractivity contribution in [1.29, 1.82) is 0 Å². The van der Waals surface area contributed by atoms with Crippen LogP contribution in [0.4, 0.5) is 0 Å². The van der Waals surface area contributed by atoms with E-state index in [1.807, 2.05) is 0 Å². The molecule has 0 bridgehead atoms. The van der Waals surface area contributed by atoms with Gasteiger partial charge in [-0.1, -0.05) is 20.3 Å². The van der Waals surface area contributed by atoms with Crippen molar-refractivity contribution >= 4 is 0 Å². The van der Waals surface area contributed by atoms with Gasteiger partial charge in [-0.05, 0) is 64.6 Å². The summed E-state index contributed by atoms with van der Waals surface area (Å²) >= 11 is 0. The average Bonchev–Trinajstić information content (AvgIpc) is 2.93. The van der Waals surface area contributed by atoms with Crippen LogP contribution in [0.25, 0.3) is 0 Å². The quantitative estimate of drug-likeness (QED) is 0.751. The highest BCUT2D eigenvalue weighted by Crippen LogP contribution is 2.18. The van der Waals surface area contributed by atoms with Crippen LogP contribution < -0.4 is 10.6 Å². The third kappa shape index (κ3) is 5.01. The smallest absolute Gasteiger partial charge is 0.0243 e. The molecule has 0 aliphatic carbocycles. The highest BCUT2D eigenvalue weighted by atomic mass is 15.2. The normalized spacial score (nSPS) is 27.9. The van der Waals surface area contributed by atoms with E-state index in [1.165, 1.54) is 58.2 Å². The van der Waals surface area contributed by atoms with Crippen LogP contribution in [0.1, 0.15) is 59.3 Å². The van der Waals surface area contributed by atoms with Crippen molar-refractivity contribution in [2.45, 2.75) is 77.4 Å². The highest BCUT2D eigenvalue weighted by Gasteiger charge is 2.25. The maximum atomic E-state index is 3.81. The van der Waals surface area contributed by atoms with Gasteiger partial charge >= 0.3 is 0 Å². The zero-order valence-electron chi connectivity index (χ0n) is 13.8. The molecule has 118 valence electrons. The lowest BCUT2D eigenvalue weighted by atomic mass is 9.98. The fourth-order valence-electron chi connectivity index (χ4n) is 3.82. The molecule has 0 aromatic rings. The second-order valence-corrected chi connectivity index (χ2v) is 7.25. The zero-order valence-corrected chi connectivity index (χ0v) is 13.8. The van der Waals surface area contributed by atoms with Crippen LogP contribution in [-0.4, -0.2) is 49.2 Å². The molecule has 0 radical (unpaired) electrons. The van der Waals surface area contributed by atoms with Crippen molar-refractivity contribution in [3.63, 3.8) is 0 Å². The lowest BCUT2D eigenvalue weighted by molar-refractivity contribution is 0.180. The van der Waals surface area contributed by atoms with Gasteiger partial charge in [0.25, 0.3) is 0 Å². The van der Waals surface area contributed by atoms with Crippen molar-refractivity contribution in [2.75, 3.05) is 26.2 Å². The molecule has 0 aromatic heterocycles. The molecule has 3 atom stereocenters. The molecule has 0 saturated carbocycles. The van der Waals surface area contributed by atoms with E-state index in [9.17, 15) is 0 Å². The minimum absolute atomic E-state index is 0.634. The Morgan fingerprint density at radius 3 is 2.45 bits per heavy atom. The largest absolute Gasteiger partial charge is 0.314 e. The minimum atomic E-state index is 0.634. The van der Waals surface area contributed by atoms with Crippen molar-refractivity contribution in [3.8, 4) is 0 Å². The van der Waals surface area contributed by atoms with E-state index in [0.717, 1.165) is 24.5 Å². The van der Waals surface area contributed by atoms with Gasteiger partial charge in [0, 0.05) is 24.7 Å². The number of piperidine rings is 1. The zero-order chi connectivity index (χ0) is 14.4. The van der Waals surface area contributed by atoms with Gasteiger partial charge in [-0.15, -0.1) is 0 Å². The maximum absolute atomic E-state index is 3.81. The van der Waals surface area contributed by atoms with E-state index in [4.69, 9.17) is 0 Å². The van der Waals surface area contributed by atoms with Crippen LogP contribution >= 0.6 is 0 Å². The Labute approximate surface area is 125 Å². The Hall–Kier alpha value is -0.120. The summed E-state index contributed by atoms with van der Waals surface area (Å²) in [4.78, 5) is 2.70. The van der Waals surface area contributed by atoms with Crippen LogP contribution in [0.2, 0.25) is 0 Å². The molecule has 2 aliphatic heterocycles. The first kappa shape index (κ1) is 16.3. The third-order valence-electron chi connectivity index (χ3n) is 5.11. The van der Waals surface area contributed by atoms with Gasteiger partial charge in [0.05, 0.1) is 0 Å². The summed E-state index contributed by atoms with van der Waals surface area (Å²) in [5.41, 5.74) is 0. The molecule has 3 heteroatoms. The summed E-state index contributed by atoms with van der Waals surface area (Å²) in [7, 11) is 0. The van der Waals surface area contributed by atoms with Crippen LogP contribution in [0.3, 0.4) is 0 Å². The van der Waals surface area contributed by atoms with Gasteiger partial charge in [0.2, 0.25) is 0 Å². The molecule has 2 rings (SSSR count). The van der Waals surface area contributed by atoms with Crippen molar-refractivity contribution in [2.24, 2.45) is 5.92 Å². The third-order valence-corrected chi connectivity index (χ3v) is 5.11. The number of nitrogens with one attached hydrogen (secondary N) is 2. The minimum Gasteiger partial charge on any atom is -0.314 e. The SMILES string of the molecule is CC(CC1CCCCN1)NCC(C(C)C)N1CCCC1. The van der Waals surface area contributed by atoms with Gasteiger partial charge in [0.15, 0.2) is 0 Å². The summed E-state index contributed by atoms with van der Waals surface area (Å²) in [5.74, 6) is 0.751. The predicted octanol–water partition coefficient (Wildman–Crippen LogP) is 2.62. The predicted molar refractivity (Wildman–Crippen MR) is 87.2 cm³/mol. The van der Waals surface area contributed by atoms with Crippen LogP contribution in [-0.2, 0) is 0 Å². The van der Waals surface area contributed by atoms with Crippen molar-refractivity contribution in [3.05, 3.63) is 0 Å². The first-order valence-corrected chi connectivity index (χ1v) is 8.87. The lowest BCUT2D eigenvalue weighted by Gasteiger charge is -2.33. The fraction of sp³-hybridized carbons (Fsp3) is 1.00.